The second-order valence-electron chi connectivity index (χ2n) is 5.52. The summed E-state index contributed by atoms with van der Waals surface area (Å²) in [5.74, 6) is -0.101. The van der Waals surface area contributed by atoms with Crippen LogP contribution in [0.3, 0.4) is 0 Å². The van der Waals surface area contributed by atoms with Crippen molar-refractivity contribution in [1.29, 1.82) is 0 Å². The van der Waals surface area contributed by atoms with E-state index in [1.54, 1.807) is 11.3 Å². The number of oxime groups is 1. The molecule has 0 unspecified atom stereocenters. The third kappa shape index (κ3) is 3.53. The molecule has 1 heterocycles. The number of nitrogens with zero attached hydrogens (tertiary/aromatic N) is 2. The number of amidine groups is 1. The first-order chi connectivity index (χ1) is 10.1. The van der Waals surface area contributed by atoms with Crippen molar-refractivity contribution >= 4 is 23.1 Å². The second-order valence-corrected chi connectivity index (χ2v) is 6.46. The number of aryl methyl sites for hydroxylation is 1. The maximum absolute atomic E-state index is 12.5. The minimum absolute atomic E-state index is 0.0322. The number of thiazole rings is 1. The molecule has 116 valence electrons. The van der Waals surface area contributed by atoms with Gasteiger partial charge in [-0.2, -0.15) is 0 Å². The minimum Gasteiger partial charge on any atom is -0.409 e. The van der Waals surface area contributed by atoms with Crippen LogP contribution in [0.1, 0.15) is 42.8 Å². The van der Waals surface area contributed by atoms with Gasteiger partial charge in [0.05, 0.1) is 5.01 Å². The zero-order valence-electron chi connectivity index (χ0n) is 12.3. The molecule has 0 aromatic carbocycles. The number of hydrogen-bond acceptors (Lipinski definition) is 5. The van der Waals surface area contributed by atoms with E-state index < -0.39 is 5.41 Å². The van der Waals surface area contributed by atoms with E-state index in [4.69, 9.17) is 10.9 Å². The molecule has 1 aromatic rings. The van der Waals surface area contributed by atoms with Crippen molar-refractivity contribution in [3.8, 4) is 0 Å². The molecule has 0 atom stereocenters. The van der Waals surface area contributed by atoms with Crippen LogP contribution in [0.4, 0.5) is 0 Å². The highest BCUT2D eigenvalue weighted by atomic mass is 32.1. The second kappa shape index (κ2) is 6.89. The molecule has 1 aliphatic carbocycles. The van der Waals surface area contributed by atoms with E-state index >= 15 is 0 Å². The van der Waals surface area contributed by atoms with Crippen LogP contribution in [0.15, 0.2) is 10.5 Å². The van der Waals surface area contributed by atoms with Gasteiger partial charge in [-0.1, -0.05) is 24.4 Å². The van der Waals surface area contributed by atoms with E-state index in [1.807, 2.05) is 12.3 Å². The lowest BCUT2D eigenvalue weighted by atomic mass is 9.72. The molecule has 4 N–H and O–H groups in total. The lowest BCUT2D eigenvalue weighted by Crippen LogP contribution is -2.51. The van der Waals surface area contributed by atoms with Crippen molar-refractivity contribution in [2.45, 2.75) is 45.4 Å². The van der Waals surface area contributed by atoms with E-state index in [0.717, 1.165) is 30.0 Å². The molecule has 0 aliphatic heterocycles. The Morgan fingerprint density at radius 2 is 2.24 bits per heavy atom. The average molecular weight is 310 g/mol. The van der Waals surface area contributed by atoms with Crippen LogP contribution < -0.4 is 11.1 Å². The first-order valence-corrected chi connectivity index (χ1v) is 8.14. The van der Waals surface area contributed by atoms with Gasteiger partial charge in [0, 0.05) is 24.0 Å². The Hall–Kier alpha value is -1.63. The van der Waals surface area contributed by atoms with E-state index in [0.29, 0.717) is 25.8 Å². The molecular weight excluding hydrogens is 288 g/mol. The highest BCUT2D eigenvalue weighted by Crippen LogP contribution is 2.36. The fraction of sp³-hybridized carbons (Fsp3) is 0.643. The van der Waals surface area contributed by atoms with Crippen LogP contribution in [0.5, 0.6) is 0 Å². The molecule has 1 aromatic heterocycles. The molecule has 1 aliphatic rings. The fourth-order valence-electron chi connectivity index (χ4n) is 2.82. The highest BCUT2D eigenvalue weighted by molar-refractivity contribution is 7.09. The summed E-state index contributed by atoms with van der Waals surface area (Å²) in [5, 5.41) is 18.0. The molecule has 0 spiro atoms. The summed E-state index contributed by atoms with van der Waals surface area (Å²) in [4.78, 5) is 16.9. The molecule has 1 saturated carbocycles. The van der Waals surface area contributed by atoms with Crippen molar-refractivity contribution in [1.82, 2.24) is 10.3 Å². The molecule has 21 heavy (non-hydrogen) atoms. The van der Waals surface area contributed by atoms with Crippen LogP contribution in [0.25, 0.3) is 0 Å². The largest absolute Gasteiger partial charge is 0.409 e. The van der Waals surface area contributed by atoms with Gasteiger partial charge in [0.2, 0.25) is 5.91 Å². The van der Waals surface area contributed by atoms with Gasteiger partial charge in [-0.15, -0.1) is 11.3 Å². The molecule has 1 fully saturated rings. The molecular formula is C14H22N4O2S. The van der Waals surface area contributed by atoms with Gasteiger partial charge in [0.1, 0.15) is 5.41 Å². The number of amides is 1. The Morgan fingerprint density at radius 1 is 1.52 bits per heavy atom. The van der Waals surface area contributed by atoms with Crippen molar-refractivity contribution < 1.29 is 10.0 Å². The summed E-state index contributed by atoms with van der Waals surface area (Å²) in [6, 6.07) is 0. The van der Waals surface area contributed by atoms with Gasteiger partial charge in [-0.3, -0.25) is 4.79 Å². The average Bonchev–Trinajstić information content (AvgIpc) is 2.92. The van der Waals surface area contributed by atoms with Crippen molar-refractivity contribution in [2.75, 3.05) is 6.54 Å². The van der Waals surface area contributed by atoms with Crippen LogP contribution in [0, 0.1) is 12.3 Å². The van der Waals surface area contributed by atoms with Crippen molar-refractivity contribution in [2.24, 2.45) is 16.3 Å². The Labute approximate surface area is 128 Å². The summed E-state index contributed by atoms with van der Waals surface area (Å²) in [6.07, 6.45) is 4.93. The van der Waals surface area contributed by atoms with Gasteiger partial charge < -0.3 is 16.3 Å². The Bertz CT molecular complexity index is 521. The minimum atomic E-state index is -0.841. The Balaban J connectivity index is 1.95. The zero-order chi connectivity index (χ0) is 15.3. The molecule has 7 heteroatoms. The number of rotatable bonds is 5. The number of nitrogens with one attached hydrogen (secondary N) is 1. The predicted molar refractivity (Wildman–Crippen MR) is 82.5 cm³/mol. The zero-order valence-corrected chi connectivity index (χ0v) is 13.1. The van der Waals surface area contributed by atoms with Crippen LogP contribution in [-0.4, -0.2) is 28.5 Å². The Morgan fingerprint density at radius 3 is 2.81 bits per heavy atom. The number of hydrogen-bond donors (Lipinski definition) is 3. The normalized spacial score (nSPS) is 18.4. The smallest absolute Gasteiger partial charge is 0.233 e. The molecule has 1 amide bonds. The van der Waals surface area contributed by atoms with E-state index in [2.05, 4.69) is 15.5 Å². The van der Waals surface area contributed by atoms with E-state index in [1.165, 1.54) is 0 Å². The maximum atomic E-state index is 12.5. The van der Waals surface area contributed by atoms with Gasteiger partial charge in [-0.05, 0) is 19.8 Å². The van der Waals surface area contributed by atoms with E-state index in [9.17, 15) is 4.79 Å². The monoisotopic (exact) mass is 310 g/mol. The van der Waals surface area contributed by atoms with Gasteiger partial charge in [0.15, 0.2) is 5.84 Å². The first-order valence-electron chi connectivity index (χ1n) is 7.26. The SMILES string of the molecule is Cc1csc(CCNC(=O)C2(C(N)=NO)CCCCC2)n1. The predicted octanol–water partition coefficient (Wildman–Crippen LogP) is 1.81. The third-order valence-corrected chi connectivity index (χ3v) is 5.06. The quantitative estimate of drug-likeness (QED) is 0.334. The summed E-state index contributed by atoms with van der Waals surface area (Å²) in [5.41, 5.74) is 5.96. The third-order valence-electron chi connectivity index (χ3n) is 4.03. The number of carbonyl (C=O) groups excluding carboxylic acids is 1. The maximum Gasteiger partial charge on any atom is 0.233 e. The molecule has 6 nitrogen and oxygen atoms in total. The Kier molecular flexibility index (Phi) is 5.17. The van der Waals surface area contributed by atoms with Gasteiger partial charge in [0.25, 0.3) is 0 Å². The van der Waals surface area contributed by atoms with Gasteiger partial charge in [-0.25, -0.2) is 4.98 Å². The summed E-state index contributed by atoms with van der Waals surface area (Å²) in [6.45, 7) is 2.47. The highest BCUT2D eigenvalue weighted by Gasteiger charge is 2.43. The summed E-state index contributed by atoms with van der Waals surface area (Å²) >= 11 is 1.60. The lowest BCUT2D eigenvalue weighted by molar-refractivity contribution is -0.129. The molecule has 0 saturated heterocycles. The lowest BCUT2D eigenvalue weighted by Gasteiger charge is -2.34. The number of nitrogens with two attached hydrogens (primary N) is 1. The number of carbonyl (C=O) groups is 1. The summed E-state index contributed by atoms with van der Waals surface area (Å²) < 4.78 is 0. The van der Waals surface area contributed by atoms with Crippen molar-refractivity contribution in [3.63, 3.8) is 0 Å². The first kappa shape index (κ1) is 15.8. The fourth-order valence-corrected chi connectivity index (χ4v) is 3.60. The van der Waals surface area contributed by atoms with Crippen LogP contribution in [-0.2, 0) is 11.2 Å². The van der Waals surface area contributed by atoms with Crippen LogP contribution in [0.2, 0.25) is 0 Å². The van der Waals surface area contributed by atoms with E-state index in [-0.39, 0.29) is 11.7 Å². The molecule has 0 radical (unpaired) electrons. The molecule has 0 bridgehead atoms. The standard InChI is InChI=1S/C14H22N4O2S/c1-10-9-21-11(17-10)5-8-16-13(19)14(12(15)18-20)6-3-2-4-7-14/h9,20H,2-8H2,1H3,(H2,15,18)(H,16,19). The summed E-state index contributed by atoms with van der Waals surface area (Å²) in [7, 11) is 0. The molecule has 2 rings (SSSR count). The van der Waals surface area contributed by atoms with Crippen molar-refractivity contribution in [3.05, 3.63) is 16.1 Å². The van der Waals surface area contributed by atoms with Crippen LogP contribution >= 0.6 is 11.3 Å². The number of aromatic nitrogens is 1. The van der Waals surface area contributed by atoms with Gasteiger partial charge >= 0.3 is 0 Å². The topological polar surface area (TPSA) is 101 Å².